The van der Waals surface area contributed by atoms with Gasteiger partial charge in [0.1, 0.15) is 5.82 Å². The third-order valence-corrected chi connectivity index (χ3v) is 2.36. The van der Waals surface area contributed by atoms with Gasteiger partial charge >= 0.3 is 0 Å². The molecule has 1 heterocycles. The Morgan fingerprint density at radius 3 is 2.71 bits per heavy atom. The quantitative estimate of drug-likeness (QED) is 0.727. The number of aromatic nitrogens is 2. The average Bonchev–Trinajstić information content (AvgIpc) is 2.20. The van der Waals surface area contributed by atoms with Crippen molar-refractivity contribution in [3.63, 3.8) is 0 Å². The SMILES string of the molecule is CCCCCc1cnc(CN)nc1C. The smallest absolute Gasteiger partial charge is 0.142 e. The van der Waals surface area contributed by atoms with Gasteiger partial charge in [-0.05, 0) is 25.3 Å². The monoisotopic (exact) mass is 193 g/mol. The second kappa shape index (κ2) is 5.70. The molecule has 2 N–H and O–H groups in total. The standard InChI is InChI=1S/C11H19N3/c1-3-4-5-6-10-8-13-11(7-12)14-9(10)2/h8H,3-7,12H2,1-2H3. The third kappa shape index (κ3) is 3.07. The molecule has 14 heavy (non-hydrogen) atoms. The van der Waals surface area contributed by atoms with Crippen molar-refractivity contribution in [2.45, 2.75) is 46.1 Å². The van der Waals surface area contributed by atoms with Crippen molar-refractivity contribution < 1.29 is 0 Å². The lowest BCUT2D eigenvalue weighted by atomic mass is 10.1. The van der Waals surface area contributed by atoms with Crippen molar-refractivity contribution in [2.24, 2.45) is 5.73 Å². The molecule has 0 amide bonds. The van der Waals surface area contributed by atoms with E-state index in [9.17, 15) is 0 Å². The van der Waals surface area contributed by atoms with E-state index in [0.29, 0.717) is 6.54 Å². The van der Waals surface area contributed by atoms with Gasteiger partial charge in [-0.25, -0.2) is 9.97 Å². The maximum absolute atomic E-state index is 5.47. The molecule has 1 aromatic heterocycles. The molecule has 1 aromatic rings. The molecule has 0 saturated carbocycles. The van der Waals surface area contributed by atoms with Crippen LogP contribution in [-0.4, -0.2) is 9.97 Å². The highest BCUT2D eigenvalue weighted by Gasteiger charge is 2.01. The number of aryl methyl sites for hydroxylation is 2. The van der Waals surface area contributed by atoms with Crippen LogP contribution in [0.25, 0.3) is 0 Å². The van der Waals surface area contributed by atoms with Gasteiger partial charge in [0.05, 0.1) is 6.54 Å². The summed E-state index contributed by atoms with van der Waals surface area (Å²) >= 11 is 0. The Labute approximate surface area is 85.8 Å². The highest BCUT2D eigenvalue weighted by molar-refractivity contribution is 5.16. The summed E-state index contributed by atoms with van der Waals surface area (Å²) in [6.45, 7) is 4.67. The molecule has 0 aliphatic heterocycles. The van der Waals surface area contributed by atoms with Crippen molar-refractivity contribution >= 4 is 0 Å². The molecule has 3 nitrogen and oxygen atoms in total. The van der Waals surface area contributed by atoms with Crippen LogP contribution in [-0.2, 0) is 13.0 Å². The zero-order valence-electron chi connectivity index (χ0n) is 9.08. The molecular weight excluding hydrogens is 174 g/mol. The van der Waals surface area contributed by atoms with Crippen LogP contribution in [0.4, 0.5) is 0 Å². The molecule has 0 bridgehead atoms. The van der Waals surface area contributed by atoms with E-state index < -0.39 is 0 Å². The van der Waals surface area contributed by atoms with Gasteiger partial charge in [-0.15, -0.1) is 0 Å². The van der Waals surface area contributed by atoms with Crippen LogP contribution in [0.15, 0.2) is 6.20 Å². The lowest BCUT2D eigenvalue weighted by molar-refractivity contribution is 0.707. The second-order valence-electron chi connectivity index (χ2n) is 3.56. The van der Waals surface area contributed by atoms with E-state index >= 15 is 0 Å². The molecule has 0 radical (unpaired) electrons. The molecular formula is C11H19N3. The van der Waals surface area contributed by atoms with Gasteiger partial charge < -0.3 is 5.73 Å². The fraction of sp³-hybridized carbons (Fsp3) is 0.636. The summed E-state index contributed by atoms with van der Waals surface area (Å²) in [5.74, 6) is 0.738. The molecule has 0 aliphatic rings. The topological polar surface area (TPSA) is 51.8 Å². The maximum Gasteiger partial charge on any atom is 0.142 e. The van der Waals surface area contributed by atoms with Crippen LogP contribution in [0.2, 0.25) is 0 Å². The lowest BCUT2D eigenvalue weighted by Gasteiger charge is -2.05. The summed E-state index contributed by atoms with van der Waals surface area (Å²) in [7, 11) is 0. The molecule has 0 unspecified atom stereocenters. The van der Waals surface area contributed by atoms with Gasteiger partial charge in [-0.3, -0.25) is 0 Å². The maximum atomic E-state index is 5.47. The largest absolute Gasteiger partial charge is 0.324 e. The fourth-order valence-electron chi connectivity index (χ4n) is 1.45. The molecule has 78 valence electrons. The van der Waals surface area contributed by atoms with Crippen LogP contribution >= 0.6 is 0 Å². The first-order valence-corrected chi connectivity index (χ1v) is 5.29. The summed E-state index contributed by atoms with van der Waals surface area (Å²) in [4.78, 5) is 8.53. The van der Waals surface area contributed by atoms with E-state index in [2.05, 4.69) is 16.9 Å². The van der Waals surface area contributed by atoms with E-state index in [4.69, 9.17) is 5.73 Å². The molecule has 1 rings (SSSR count). The van der Waals surface area contributed by atoms with E-state index in [1.807, 2.05) is 13.1 Å². The molecule has 0 spiro atoms. The Hall–Kier alpha value is -0.960. The first-order valence-electron chi connectivity index (χ1n) is 5.29. The van der Waals surface area contributed by atoms with Crippen molar-refractivity contribution in [1.82, 2.24) is 9.97 Å². The minimum Gasteiger partial charge on any atom is -0.324 e. The minimum absolute atomic E-state index is 0.427. The lowest BCUT2D eigenvalue weighted by Crippen LogP contribution is -2.06. The van der Waals surface area contributed by atoms with E-state index in [0.717, 1.165) is 17.9 Å². The molecule has 3 heteroatoms. The highest BCUT2D eigenvalue weighted by Crippen LogP contribution is 2.09. The van der Waals surface area contributed by atoms with Crippen LogP contribution < -0.4 is 5.73 Å². The molecule has 0 aromatic carbocycles. The predicted molar refractivity (Wildman–Crippen MR) is 57.9 cm³/mol. The average molecular weight is 193 g/mol. The van der Waals surface area contributed by atoms with Gasteiger partial charge in [0.2, 0.25) is 0 Å². The van der Waals surface area contributed by atoms with Crippen molar-refractivity contribution in [2.75, 3.05) is 0 Å². The fourth-order valence-corrected chi connectivity index (χ4v) is 1.45. The Morgan fingerprint density at radius 2 is 2.14 bits per heavy atom. The normalized spacial score (nSPS) is 10.5. The number of unbranched alkanes of at least 4 members (excludes halogenated alkanes) is 2. The van der Waals surface area contributed by atoms with Crippen LogP contribution in [0.1, 0.15) is 43.3 Å². The van der Waals surface area contributed by atoms with Crippen LogP contribution in [0.3, 0.4) is 0 Å². The van der Waals surface area contributed by atoms with Crippen LogP contribution in [0, 0.1) is 6.92 Å². The summed E-state index contributed by atoms with van der Waals surface area (Å²) < 4.78 is 0. The molecule has 0 fully saturated rings. The number of hydrogen-bond donors (Lipinski definition) is 1. The number of hydrogen-bond acceptors (Lipinski definition) is 3. The molecule has 0 saturated heterocycles. The molecule has 0 aliphatic carbocycles. The van der Waals surface area contributed by atoms with Crippen molar-refractivity contribution in [1.29, 1.82) is 0 Å². The summed E-state index contributed by atoms with van der Waals surface area (Å²) in [5.41, 5.74) is 7.81. The summed E-state index contributed by atoms with van der Waals surface area (Å²) in [5, 5.41) is 0. The Kier molecular flexibility index (Phi) is 4.53. The zero-order chi connectivity index (χ0) is 10.4. The predicted octanol–water partition coefficient (Wildman–Crippen LogP) is 1.98. The third-order valence-electron chi connectivity index (χ3n) is 2.36. The van der Waals surface area contributed by atoms with Gasteiger partial charge in [0.15, 0.2) is 0 Å². The van der Waals surface area contributed by atoms with Gasteiger partial charge in [0, 0.05) is 11.9 Å². The Bertz CT molecular complexity index is 284. The van der Waals surface area contributed by atoms with Crippen LogP contribution in [0.5, 0.6) is 0 Å². The Balaban J connectivity index is 2.59. The first-order chi connectivity index (χ1) is 6.77. The second-order valence-corrected chi connectivity index (χ2v) is 3.56. The number of nitrogens with zero attached hydrogens (tertiary/aromatic N) is 2. The van der Waals surface area contributed by atoms with Crippen molar-refractivity contribution in [3.8, 4) is 0 Å². The zero-order valence-corrected chi connectivity index (χ0v) is 9.08. The van der Waals surface area contributed by atoms with Crippen molar-refractivity contribution in [3.05, 3.63) is 23.3 Å². The highest BCUT2D eigenvalue weighted by atomic mass is 14.9. The van der Waals surface area contributed by atoms with E-state index in [1.165, 1.54) is 24.8 Å². The summed E-state index contributed by atoms with van der Waals surface area (Å²) in [6, 6.07) is 0. The van der Waals surface area contributed by atoms with E-state index in [-0.39, 0.29) is 0 Å². The first kappa shape index (κ1) is 11.1. The molecule has 0 atom stereocenters. The van der Waals surface area contributed by atoms with E-state index in [1.54, 1.807) is 0 Å². The Morgan fingerprint density at radius 1 is 1.36 bits per heavy atom. The number of rotatable bonds is 5. The summed E-state index contributed by atoms with van der Waals surface area (Å²) in [6.07, 6.45) is 6.76. The van der Waals surface area contributed by atoms with Gasteiger partial charge in [-0.2, -0.15) is 0 Å². The van der Waals surface area contributed by atoms with Gasteiger partial charge in [-0.1, -0.05) is 19.8 Å². The number of nitrogens with two attached hydrogens (primary N) is 1. The van der Waals surface area contributed by atoms with Gasteiger partial charge in [0.25, 0.3) is 0 Å². The minimum atomic E-state index is 0.427.